The standard InChI is InChI=1S/C11H20O3/c1-2-3-4-5-6-8-11(13)14-10-7-9-12/h9H,2-8,10H2,1H3. The molecular formula is C11H20O3. The van der Waals surface area contributed by atoms with Crippen LogP contribution in [0.25, 0.3) is 0 Å². The summed E-state index contributed by atoms with van der Waals surface area (Å²) in [6.45, 7) is 2.39. The SMILES string of the molecule is CCCCCCCC(=O)OCCC=O. The molecule has 0 fully saturated rings. The predicted molar refractivity (Wildman–Crippen MR) is 55.0 cm³/mol. The van der Waals surface area contributed by atoms with E-state index in [0.29, 0.717) is 12.8 Å². The van der Waals surface area contributed by atoms with E-state index in [1.165, 1.54) is 19.3 Å². The third kappa shape index (κ3) is 9.23. The minimum absolute atomic E-state index is 0.177. The molecule has 0 N–H and O–H groups in total. The van der Waals surface area contributed by atoms with Crippen molar-refractivity contribution in [2.24, 2.45) is 0 Å². The topological polar surface area (TPSA) is 43.4 Å². The van der Waals surface area contributed by atoms with Gasteiger partial charge in [-0.3, -0.25) is 4.79 Å². The predicted octanol–water partition coefficient (Wildman–Crippen LogP) is 2.48. The van der Waals surface area contributed by atoms with Crippen molar-refractivity contribution in [2.75, 3.05) is 6.61 Å². The van der Waals surface area contributed by atoms with Gasteiger partial charge in [0.15, 0.2) is 0 Å². The van der Waals surface area contributed by atoms with E-state index < -0.39 is 0 Å². The molecular weight excluding hydrogens is 180 g/mol. The number of hydrogen-bond acceptors (Lipinski definition) is 3. The van der Waals surface area contributed by atoms with Gasteiger partial charge in [0.2, 0.25) is 0 Å². The van der Waals surface area contributed by atoms with Gasteiger partial charge in [0.1, 0.15) is 6.29 Å². The van der Waals surface area contributed by atoms with Gasteiger partial charge in [0, 0.05) is 12.8 Å². The van der Waals surface area contributed by atoms with Crippen molar-refractivity contribution < 1.29 is 14.3 Å². The first-order valence-corrected chi connectivity index (χ1v) is 5.40. The Hall–Kier alpha value is -0.860. The Morgan fingerprint density at radius 1 is 1.21 bits per heavy atom. The maximum absolute atomic E-state index is 11.0. The average Bonchev–Trinajstić information content (AvgIpc) is 2.18. The quantitative estimate of drug-likeness (QED) is 0.326. The van der Waals surface area contributed by atoms with Crippen molar-refractivity contribution in [2.45, 2.75) is 51.9 Å². The summed E-state index contributed by atoms with van der Waals surface area (Å²) in [6, 6.07) is 0. The first-order valence-electron chi connectivity index (χ1n) is 5.40. The Kier molecular flexibility index (Phi) is 9.59. The van der Waals surface area contributed by atoms with E-state index in [2.05, 4.69) is 6.92 Å². The third-order valence-corrected chi connectivity index (χ3v) is 1.98. The average molecular weight is 200 g/mol. The van der Waals surface area contributed by atoms with Gasteiger partial charge in [0.25, 0.3) is 0 Å². The molecule has 14 heavy (non-hydrogen) atoms. The van der Waals surface area contributed by atoms with E-state index in [4.69, 9.17) is 4.74 Å². The summed E-state index contributed by atoms with van der Waals surface area (Å²) in [5, 5.41) is 0. The van der Waals surface area contributed by atoms with E-state index in [1.807, 2.05) is 0 Å². The van der Waals surface area contributed by atoms with Crippen LogP contribution in [0.3, 0.4) is 0 Å². The van der Waals surface area contributed by atoms with Crippen LogP contribution >= 0.6 is 0 Å². The van der Waals surface area contributed by atoms with Gasteiger partial charge in [-0.1, -0.05) is 32.6 Å². The van der Waals surface area contributed by atoms with Gasteiger partial charge < -0.3 is 9.53 Å². The van der Waals surface area contributed by atoms with Crippen LogP contribution in [-0.2, 0) is 14.3 Å². The van der Waals surface area contributed by atoms with E-state index in [-0.39, 0.29) is 12.6 Å². The highest BCUT2D eigenvalue weighted by molar-refractivity contribution is 5.69. The zero-order chi connectivity index (χ0) is 10.6. The lowest BCUT2D eigenvalue weighted by Gasteiger charge is -2.02. The number of esters is 1. The fourth-order valence-corrected chi connectivity index (χ4v) is 1.17. The summed E-state index contributed by atoms with van der Waals surface area (Å²) in [4.78, 5) is 20.9. The highest BCUT2D eigenvalue weighted by atomic mass is 16.5. The molecule has 82 valence electrons. The Morgan fingerprint density at radius 2 is 1.93 bits per heavy atom. The molecule has 0 aromatic heterocycles. The lowest BCUT2D eigenvalue weighted by Crippen LogP contribution is -2.05. The highest BCUT2D eigenvalue weighted by Crippen LogP contribution is 2.05. The van der Waals surface area contributed by atoms with E-state index in [9.17, 15) is 9.59 Å². The molecule has 0 saturated heterocycles. The van der Waals surface area contributed by atoms with Crippen molar-refractivity contribution in [1.82, 2.24) is 0 Å². The molecule has 0 heterocycles. The van der Waals surface area contributed by atoms with Crippen molar-refractivity contribution in [3.8, 4) is 0 Å². The van der Waals surface area contributed by atoms with E-state index in [1.54, 1.807) is 0 Å². The molecule has 0 amide bonds. The highest BCUT2D eigenvalue weighted by Gasteiger charge is 2.01. The number of rotatable bonds is 9. The van der Waals surface area contributed by atoms with E-state index >= 15 is 0 Å². The van der Waals surface area contributed by atoms with E-state index in [0.717, 1.165) is 19.1 Å². The number of unbranched alkanes of at least 4 members (excludes halogenated alkanes) is 4. The molecule has 0 radical (unpaired) electrons. The molecule has 0 rings (SSSR count). The molecule has 0 aliphatic rings. The maximum Gasteiger partial charge on any atom is 0.305 e. The molecule has 0 unspecified atom stereocenters. The first kappa shape index (κ1) is 13.1. The molecule has 3 heteroatoms. The number of ether oxygens (including phenoxy) is 1. The molecule has 3 nitrogen and oxygen atoms in total. The molecule has 0 atom stereocenters. The summed E-state index contributed by atoms with van der Waals surface area (Å²) >= 11 is 0. The number of carbonyl (C=O) groups excluding carboxylic acids is 2. The second kappa shape index (κ2) is 10.2. The maximum atomic E-state index is 11.0. The zero-order valence-electron chi connectivity index (χ0n) is 8.96. The van der Waals surface area contributed by atoms with Crippen LogP contribution in [0, 0.1) is 0 Å². The van der Waals surface area contributed by atoms with Crippen molar-refractivity contribution in [1.29, 1.82) is 0 Å². The zero-order valence-corrected chi connectivity index (χ0v) is 8.96. The molecule has 0 spiro atoms. The van der Waals surface area contributed by atoms with Crippen LogP contribution in [0.2, 0.25) is 0 Å². The van der Waals surface area contributed by atoms with Crippen molar-refractivity contribution >= 4 is 12.3 Å². The summed E-state index contributed by atoms with van der Waals surface area (Å²) < 4.78 is 4.82. The largest absolute Gasteiger partial charge is 0.465 e. The number of carbonyl (C=O) groups is 2. The number of hydrogen-bond donors (Lipinski definition) is 0. The molecule has 0 bridgehead atoms. The lowest BCUT2D eigenvalue weighted by molar-refractivity contribution is -0.144. The normalized spacial score (nSPS) is 9.79. The monoisotopic (exact) mass is 200 g/mol. The minimum atomic E-state index is -0.177. The Labute approximate surface area is 85.8 Å². The van der Waals surface area contributed by atoms with Gasteiger partial charge >= 0.3 is 5.97 Å². The van der Waals surface area contributed by atoms with Crippen LogP contribution in [-0.4, -0.2) is 18.9 Å². The summed E-state index contributed by atoms with van der Waals surface area (Å²) in [7, 11) is 0. The smallest absolute Gasteiger partial charge is 0.305 e. The van der Waals surface area contributed by atoms with Crippen LogP contribution in [0.15, 0.2) is 0 Å². The van der Waals surface area contributed by atoms with Crippen LogP contribution in [0.5, 0.6) is 0 Å². The molecule has 0 saturated carbocycles. The molecule has 0 aliphatic carbocycles. The van der Waals surface area contributed by atoms with Gasteiger partial charge in [-0.2, -0.15) is 0 Å². The van der Waals surface area contributed by atoms with Gasteiger partial charge in [-0.15, -0.1) is 0 Å². The molecule has 0 aromatic carbocycles. The molecule has 0 aromatic rings. The van der Waals surface area contributed by atoms with Gasteiger partial charge in [-0.05, 0) is 6.42 Å². The Balaban J connectivity index is 3.14. The third-order valence-electron chi connectivity index (χ3n) is 1.98. The lowest BCUT2D eigenvalue weighted by atomic mass is 10.1. The van der Waals surface area contributed by atoms with Crippen molar-refractivity contribution in [3.63, 3.8) is 0 Å². The summed E-state index contributed by atoms with van der Waals surface area (Å²) in [5.74, 6) is -0.177. The fraction of sp³-hybridized carbons (Fsp3) is 0.818. The first-order chi connectivity index (χ1) is 6.81. The van der Waals surface area contributed by atoms with Crippen LogP contribution in [0.4, 0.5) is 0 Å². The van der Waals surface area contributed by atoms with Gasteiger partial charge in [-0.25, -0.2) is 0 Å². The fourth-order valence-electron chi connectivity index (χ4n) is 1.17. The Morgan fingerprint density at radius 3 is 2.57 bits per heavy atom. The Bertz CT molecular complexity index is 155. The van der Waals surface area contributed by atoms with Crippen LogP contribution in [0.1, 0.15) is 51.9 Å². The summed E-state index contributed by atoms with van der Waals surface area (Å²) in [5.41, 5.74) is 0. The minimum Gasteiger partial charge on any atom is -0.465 e. The van der Waals surface area contributed by atoms with Gasteiger partial charge in [0.05, 0.1) is 6.61 Å². The molecule has 0 aliphatic heterocycles. The number of aldehydes is 1. The van der Waals surface area contributed by atoms with Crippen LogP contribution < -0.4 is 0 Å². The second-order valence-corrected chi connectivity index (χ2v) is 3.34. The second-order valence-electron chi connectivity index (χ2n) is 3.34. The summed E-state index contributed by atoms with van der Waals surface area (Å²) in [6.07, 6.45) is 7.19. The van der Waals surface area contributed by atoms with Crippen molar-refractivity contribution in [3.05, 3.63) is 0 Å².